The van der Waals surface area contributed by atoms with Crippen LogP contribution >= 0.6 is 0 Å². The summed E-state index contributed by atoms with van der Waals surface area (Å²) in [6.45, 7) is 3.21. The van der Waals surface area contributed by atoms with Crippen LogP contribution in [-0.2, 0) is 6.54 Å². The smallest absolute Gasteiger partial charge is 0.389 e. The molecular weight excluding hydrogens is 284 g/mol. The molecule has 0 aliphatic rings. The highest BCUT2D eigenvalue weighted by Crippen LogP contribution is 2.23. The molecule has 0 unspecified atom stereocenters. The fourth-order valence-corrected chi connectivity index (χ4v) is 2.28. The van der Waals surface area contributed by atoms with Crippen molar-refractivity contribution in [3.63, 3.8) is 0 Å². The molecular formula is C15H16N4O3. The van der Waals surface area contributed by atoms with Gasteiger partial charge in [-0.3, -0.25) is 0 Å². The number of hydrogen-bond donors (Lipinski definition) is 1. The number of rotatable bonds is 6. The third-order valence-corrected chi connectivity index (χ3v) is 3.48. The number of fused-ring (bicyclic) bond motifs is 1. The summed E-state index contributed by atoms with van der Waals surface area (Å²) in [6, 6.07) is 11.3. The van der Waals surface area contributed by atoms with Gasteiger partial charge < -0.3 is 19.8 Å². The molecule has 0 aliphatic carbocycles. The maximum atomic E-state index is 10.6. The van der Waals surface area contributed by atoms with Gasteiger partial charge in [-0.05, 0) is 24.0 Å². The van der Waals surface area contributed by atoms with Gasteiger partial charge in [-0.15, -0.1) is 0 Å². The van der Waals surface area contributed by atoms with Crippen LogP contribution in [0.4, 0.5) is 5.82 Å². The van der Waals surface area contributed by atoms with Gasteiger partial charge in [-0.1, -0.05) is 18.2 Å². The molecule has 3 rings (SSSR count). The monoisotopic (exact) mass is 300 g/mol. The van der Waals surface area contributed by atoms with E-state index in [0.29, 0.717) is 13.1 Å². The Morgan fingerprint density at radius 1 is 1.41 bits per heavy atom. The van der Waals surface area contributed by atoms with Gasteiger partial charge in [0.1, 0.15) is 11.3 Å². The quantitative estimate of drug-likeness (QED) is 0.558. The molecule has 0 radical (unpaired) electrons. The SMILES string of the molecule is C[C@H](NCCn1ccc([N+](=O)[O-])n1)c1cc2ccccc2o1. The molecule has 2 aromatic heterocycles. The van der Waals surface area contributed by atoms with Gasteiger partial charge >= 0.3 is 5.82 Å². The predicted molar refractivity (Wildman–Crippen MR) is 81.5 cm³/mol. The molecule has 1 atom stereocenters. The molecule has 7 nitrogen and oxygen atoms in total. The Balaban J connectivity index is 1.57. The number of nitrogens with zero attached hydrogens (tertiary/aromatic N) is 3. The summed E-state index contributed by atoms with van der Waals surface area (Å²) in [5.41, 5.74) is 0.869. The van der Waals surface area contributed by atoms with E-state index >= 15 is 0 Å². The first-order valence-electron chi connectivity index (χ1n) is 7.03. The maximum absolute atomic E-state index is 10.6. The van der Waals surface area contributed by atoms with E-state index in [0.717, 1.165) is 16.7 Å². The molecule has 1 N–H and O–H groups in total. The van der Waals surface area contributed by atoms with E-state index in [2.05, 4.69) is 10.4 Å². The summed E-state index contributed by atoms with van der Waals surface area (Å²) in [6.07, 6.45) is 1.60. The first kappa shape index (κ1) is 14.3. The summed E-state index contributed by atoms with van der Waals surface area (Å²) in [4.78, 5) is 10.1. The standard InChI is InChI=1S/C15H16N4O3/c1-11(14-10-12-4-2-3-5-13(12)22-14)16-7-9-18-8-6-15(17-18)19(20)21/h2-6,8,10-11,16H,7,9H2,1H3/t11-/m0/s1. The minimum absolute atomic E-state index is 0.0537. The van der Waals surface area contributed by atoms with Crippen LogP contribution in [0.3, 0.4) is 0 Å². The number of nitrogens with one attached hydrogen (secondary N) is 1. The molecule has 22 heavy (non-hydrogen) atoms. The van der Waals surface area contributed by atoms with Crippen molar-refractivity contribution in [2.45, 2.75) is 19.5 Å². The molecule has 0 amide bonds. The Kier molecular flexibility index (Phi) is 3.88. The molecule has 2 heterocycles. The number of para-hydroxylation sites is 1. The van der Waals surface area contributed by atoms with Crippen molar-refractivity contribution in [3.8, 4) is 0 Å². The van der Waals surface area contributed by atoms with Gasteiger partial charge in [-0.25, -0.2) is 0 Å². The Morgan fingerprint density at radius 2 is 2.23 bits per heavy atom. The van der Waals surface area contributed by atoms with E-state index in [1.165, 1.54) is 6.07 Å². The van der Waals surface area contributed by atoms with Crippen LogP contribution < -0.4 is 5.32 Å². The molecule has 7 heteroatoms. The highest BCUT2D eigenvalue weighted by Gasteiger charge is 2.13. The lowest BCUT2D eigenvalue weighted by molar-refractivity contribution is -0.389. The zero-order valence-electron chi connectivity index (χ0n) is 12.1. The van der Waals surface area contributed by atoms with Gasteiger partial charge in [0.15, 0.2) is 0 Å². The van der Waals surface area contributed by atoms with Gasteiger partial charge in [0.2, 0.25) is 0 Å². The van der Waals surface area contributed by atoms with E-state index in [1.54, 1.807) is 10.9 Å². The fraction of sp³-hybridized carbons (Fsp3) is 0.267. The zero-order valence-corrected chi connectivity index (χ0v) is 12.1. The van der Waals surface area contributed by atoms with Crippen LogP contribution in [0.25, 0.3) is 11.0 Å². The summed E-state index contributed by atoms with van der Waals surface area (Å²) < 4.78 is 7.35. The number of aromatic nitrogens is 2. The highest BCUT2D eigenvalue weighted by atomic mass is 16.6. The Hall–Kier alpha value is -2.67. The summed E-state index contributed by atoms with van der Waals surface area (Å²) in [5, 5.41) is 18.8. The zero-order chi connectivity index (χ0) is 15.5. The molecule has 0 saturated heterocycles. The molecule has 0 fully saturated rings. The van der Waals surface area contributed by atoms with Gasteiger partial charge in [0.05, 0.1) is 29.9 Å². The van der Waals surface area contributed by atoms with Crippen LogP contribution in [-0.4, -0.2) is 21.2 Å². The molecule has 3 aromatic rings. The number of nitro groups is 1. The van der Waals surface area contributed by atoms with Crippen molar-refractivity contribution in [2.75, 3.05) is 6.54 Å². The lowest BCUT2D eigenvalue weighted by Gasteiger charge is -2.10. The van der Waals surface area contributed by atoms with Crippen molar-refractivity contribution in [1.82, 2.24) is 15.1 Å². The average molecular weight is 300 g/mol. The molecule has 0 spiro atoms. The van der Waals surface area contributed by atoms with Crippen molar-refractivity contribution in [2.24, 2.45) is 0 Å². The topological polar surface area (TPSA) is 86.1 Å². The molecule has 0 saturated carbocycles. The van der Waals surface area contributed by atoms with E-state index in [1.807, 2.05) is 37.3 Å². The molecule has 0 bridgehead atoms. The average Bonchev–Trinajstić information content (AvgIpc) is 3.13. The van der Waals surface area contributed by atoms with Crippen LogP contribution in [0.15, 0.2) is 47.0 Å². The molecule has 114 valence electrons. The summed E-state index contributed by atoms with van der Waals surface area (Å²) in [7, 11) is 0. The summed E-state index contributed by atoms with van der Waals surface area (Å²) in [5.74, 6) is 0.734. The molecule has 1 aromatic carbocycles. The van der Waals surface area contributed by atoms with Crippen molar-refractivity contribution in [3.05, 3.63) is 58.5 Å². The number of furan rings is 1. The number of benzene rings is 1. The third-order valence-electron chi connectivity index (χ3n) is 3.48. The van der Waals surface area contributed by atoms with Gasteiger partial charge in [0, 0.05) is 11.9 Å². The first-order valence-corrected chi connectivity index (χ1v) is 7.03. The first-order chi connectivity index (χ1) is 10.6. The maximum Gasteiger partial charge on any atom is 0.389 e. The third kappa shape index (κ3) is 2.99. The van der Waals surface area contributed by atoms with E-state index in [9.17, 15) is 10.1 Å². The van der Waals surface area contributed by atoms with Crippen LogP contribution in [0.1, 0.15) is 18.7 Å². The Labute approximate surface area is 126 Å². The normalized spacial score (nSPS) is 12.6. The second kappa shape index (κ2) is 5.98. The van der Waals surface area contributed by atoms with Crippen LogP contribution in [0.5, 0.6) is 0 Å². The van der Waals surface area contributed by atoms with Gasteiger partial charge in [0.25, 0.3) is 0 Å². The van der Waals surface area contributed by atoms with Crippen molar-refractivity contribution < 1.29 is 9.34 Å². The largest absolute Gasteiger partial charge is 0.459 e. The van der Waals surface area contributed by atoms with Crippen LogP contribution in [0, 0.1) is 10.1 Å². The molecule has 0 aliphatic heterocycles. The Bertz CT molecular complexity index is 760. The fourth-order valence-electron chi connectivity index (χ4n) is 2.28. The second-order valence-corrected chi connectivity index (χ2v) is 5.06. The second-order valence-electron chi connectivity index (χ2n) is 5.06. The van der Waals surface area contributed by atoms with E-state index in [4.69, 9.17) is 4.42 Å². The van der Waals surface area contributed by atoms with E-state index < -0.39 is 4.92 Å². The highest BCUT2D eigenvalue weighted by molar-refractivity contribution is 5.77. The van der Waals surface area contributed by atoms with Crippen molar-refractivity contribution >= 4 is 16.8 Å². The van der Waals surface area contributed by atoms with Crippen molar-refractivity contribution in [1.29, 1.82) is 0 Å². The minimum Gasteiger partial charge on any atom is -0.459 e. The van der Waals surface area contributed by atoms with Crippen LogP contribution in [0.2, 0.25) is 0 Å². The Morgan fingerprint density at radius 3 is 2.95 bits per heavy atom. The lowest BCUT2D eigenvalue weighted by Crippen LogP contribution is -2.23. The minimum atomic E-state index is -0.499. The number of hydrogen-bond acceptors (Lipinski definition) is 5. The van der Waals surface area contributed by atoms with Gasteiger partial charge in [-0.2, -0.15) is 4.68 Å². The summed E-state index contributed by atoms with van der Waals surface area (Å²) >= 11 is 0. The predicted octanol–water partition coefficient (Wildman–Crippen LogP) is 2.89. The lowest BCUT2D eigenvalue weighted by atomic mass is 10.2. The van der Waals surface area contributed by atoms with E-state index in [-0.39, 0.29) is 11.9 Å².